The van der Waals surface area contributed by atoms with E-state index in [9.17, 15) is 9.90 Å². The Bertz CT molecular complexity index is 475. The van der Waals surface area contributed by atoms with Crippen LogP contribution < -0.4 is 5.11 Å². The van der Waals surface area contributed by atoms with E-state index >= 15 is 0 Å². The lowest BCUT2D eigenvalue weighted by molar-refractivity contribution is -0.298. The normalized spacial score (nSPS) is 10.9. The highest BCUT2D eigenvalue weighted by Gasteiger charge is 2.01. The highest BCUT2D eigenvalue weighted by molar-refractivity contribution is 6.35. The number of nitrogens with zero attached hydrogens (tertiary/aromatic N) is 1. The molecule has 3 nitrogen and oxygen atoms in total. The molecule has 0 atom stereocenters. The Hall–Kier alpha value is -1.50. The van der Waals surface area contributed by atoms with E-state index < -0.39 is 11.5 Å². The molecule has 0 aromatic heterocycles. The molecule has 0 bridgehead atoms. The number of carboxylic acid groups (broad SMARTS) is 1. The lowest BCUT2D eigenvalue weighted by atomic mass is 10.1. The number of hydrogen-bond donors (Lipinski definition) is 0. The van der Waals surface area contributed by atoms with Crippen LogP contribution in [0, 0.1) is 11.3 Å². The first kappa shape index (κ1) is 11.6. The molecule has 0 saturated carbocycles. The third-order valence-corrected chi connectivity index (χ3v) is 2.17. The minimum absolute atomic E-state index is 0.275. The molecular weight excluding hydrogens is 237 g/mol. The lowest BCUT2D eigenvalue weighted by Crippen LogP contribution is -2.23. The second-order valence-electron chi connectivity index (χ2n) is 2.62. The highest BCUT2D eigenvalue weighted by atomic mass is 35.5. The highest BCUT2D eigenvalue weighted by Crippen LogP contribution is 2.22. The molecule has 0 unspecified atom stereocenters. The number of hydrogen-bond acceptors (Lipinski definition) is 3. The van der Waals surface area contributed by atoms with Gasteiger partial charge in [0.15, 0.2) is 0 Å². The number of halogens is 2. The monoisotopic (exact) mass is 240 g/mol. The van der Waals surface area contributed by atoms with Gasteiger partial charge in [0.05, 0.1) is 11.5 Å². The molecule has 0 N–H and O–H groups in total. The predicted octanol–water partition coefficient (Wildman–Crippen LogP) is 1.65. The van der Waals surface area contributed by atoms with Gasteiger partial charge in [0, 0.05) is 10.0 Å². The fourth-order valence-electron chi connectivity index (χ4n) is 0.911. The largest absolute Gasteiger partial charge is 0.544 e. The van der Waals surface area contributed by atoms with Gasteiger partial charge >= 0.3 is 0 Å². The SMILES string of the molecule is N#C/C(=C/c1ccc(Cl)cc1Cl)C(=O)[O-]. The van der Waals surface area contributed by atoms with Crippen LogP contribution in [0.4, 0.5) is 0 Å². The van der Waals surface area contributed by atoms with E-state index in [1.807, 2.05) is 0 Å². The van der Waals surface area contributed by atoms with Crippen LogP contribution in [0.1, 0.15) is 5.56 Å². The van der Waals surface area contributed by atoms with Crippen LogP contribution in [0.5, 0.6) is 0 Å². The van der Waals surface area contributed by atoms with Gasteiger partial charge in [-0.1, -0.05) is 29.3 Å². The van der Waals surface area contributed by atoms with Crippen molar-refractivity contribution in [2.24, 2.45) is 0 Å². The Labute approximate surface area is 96.2 Å². The minimum atomic E-state index is -1.54. The number of rotatable bonds is 2. The second-order valence-corrected chi connectivity index (χ2v) is 3.47. The Kier molecular flexibility index (Phi) is 3.73. The summed E-state index contributed by atoms with van der Waals surface area (Å²) in [5.41, 5.74) is -0.0824. The van der Waals surface area contributed by atoms with Crippen LogP contribution in [-0.2, 0) is 4.79 Å². The zero-order valence-electron chi connectivity index (χ0n) is 7.33. The molecule has 0 saturated heterocycles. The van der Waals surface area contributed by atoms with Crippen molar-refractivity contribution >= 4 is 35.2 Å². The molecule has 0 spiro atoms. The van der Waals surface area contributed by atoms with Gasteiger partial charge in [0.1, 0.15) is 6.07 Å². The van der Waals surface area contributed by atoms with Crippen molar-refractivity contribution in [2.75, 3.05) is 0 Å². The van der Waals surface area contributed by atoms with Gasteiger partial charge < -0.3 is 9.90 Å². The average molecular weight is 241 g/mol. The van der Waals surface area contributed by atoms with Gasteiger partial charge in [0.25, 0.3) is 0 Å². The third-order valence-electron chi connectivity index (χ3n) is 1.60. The smallest absolute Gasteiger partial charge is 0.101 e. The summed E-state index contributed by atoms with van der Waals surface area (Å²) in [4.78, 5) is 10.4. The van der Waals surface area contributed by atoms with Crippen molar-refractivity contribution in [1.29, 1.82) is 5.26 Å². The number of aliphatic carboxylic acids is 1. The molecule has 15 heavy (non-hydrogen) atoms. The van der Waals surface area contributed by atoms with Crippen molar-refractivity contribution < 1.29 is 9.90 Å². The number of carbonyl (C=O) groups is 1. The predicted molar refractivity (Wildman–Crippen MR) is 55.1 cm³/mol. The van der Waals surface area contributed by atoms with Gasteiger partial charge in [0.2, 0.25) is 0 Å². The van der Waals surface area contributed by atoms with E-state index in [4.69, 9.17) is 28.5 Å². The van der Waals surface area contributed by atoms with Crippen LogP contribution in [-0.4, -0.2) is 5.97 Å². The van der Waals surface area contributed by atoms with E-state index in [0.29, 0.717) is 10.6 Å². The minimum Gasteiger partial charge on any atom is -0.544 e. The van der Waals surface area contributed by atoms with Gasteiger partial charge in [-0.25, -0.2) is 0 Å². The zero-order valence-corrected chi connectivity index (χ0v) is 8.84. The van der Waals surface area contributed by atoms with Crippen LogP contribution >= 0.6 is 23.2 Å². The van der Waals surface area contributed by atoms with Gasteiger partial charge in [-0.3, -0.25) is 0 Å². The molecule has 1 aromatic carbocycles. The van der Waals surface area contributed by atoms with E-state index in [1.54, 1.807) is 6.07 Å². The molecule has 1 rings (SSSR count). The second kappa shape index (κ2) is 4.83. The molecule has 76 valence electrons. The zero-order chi connectivity index (χ0) is 11.4. The Morgan fingerprint density at radius 3 is 2.60 bits per heavy atom. The summed E-state index contributed by atoms with van der Waals surface area (Å²) in [6.45, 7) is 0. The Balaban J connectivity index is 3.19. The molecule has 0 radical (unpaired) electrons. The van der Waals surface area contributed by atoms with E-state index in [2.05, 4.69) is 0 Å². The van der Waals surface area contributed by atoms with Crippen molar-refractivity contribution in [2.45, 2.75) is 0 Å². The standard InChI is InChI=1S/C10H5Cl2NO2/c11-8-2-1-6(9(12)4-8)3-7(5-13)10(14)15/h1-4H,(H,14,15)/p-1/b7-3-. The maximum absolute atomic E-state index is 10.4. The first-order valence-electron chi connectivity index (χ1n) is 3.83. The fraction of sp³-hybridized carbons (Fsp3) is 0. The van der Waals surface area contributed by atoms with E-state index in [0.717, 1.165) is 6.08 Å². The molecule has 0 aliphatic heterocycles. The van der Waals surface area contributed by atoms with Gasteiger partial charge in [-0.15, -0.1) is 0 Å². The molecule has 0 amide bonds. The Morgan fingerprint density at radius 2 is 2.13 bits per heavy atom. The van der Waals surface area contributed by atoms with Gasteiger partial charge in [-0.05, 0) is 23.8 Å². The summed E-state index contributed by atoms with van der Waals surface area (Å²) >= 11 is 11.4. The average Bonchev–Trinajstić information content (AvgIpc) is 2.16. The van der Waals surface area contributed by atoms with E-state index in [-0.39, 0.29) is 5.02 Å². The first-order valence-corrected chi connectivity index (χ1v) is 4.58. The number of nitriles is 1. The third kappa shape index (κ3) is 2.98. The van der Waals surface area contributed by atoms with Crippen LogP contribution in [0.25, 0.3) is 6.08 Å². The first-order chi connectivity index (χ1) is 7.04. The van der Waals surface area contributed by atoms with Crippen molar-refractivity contribution in [3.05, 3.63) is 39.4 Å². The molecule has 1 aromatic rings. The number of benzene rings is 1. The van der Waals surface area contributed by atoms with Crippen LogP contribution in [0.2, 0.25) is 10.0 Å². The molecule has 0 aliphatic rings. The number of carbonyl (C=O) groups excluding carboxylic acids is 1. The molecular formula is C10H4Cl2NO2-. The summed E-state index contributed by atoms with van der Waals surface area (Å²) in [7, 11) is 0. The van der Waals surface area contributed by atoms with Crippen LogP contribution in [0.3, 0.4) is 0 Å². The molecule has 0 fully saturated rings. The topological polar surface area (TPSA) is 63.9 Å². The summed E-state index contributed by atoms with van der Waals surface area (Å²) in [5.74, 6) is -1.54. The Morgan fingerprint density at radius 1 is 1.47 bits per heavy atom. The molecule has 5 heteroatoms. The number of carboxylic acids is 1. The summed E-state index contributed by atoms with van der Waals surface area (Å²) < 4.78 is 0. The van der Waals surface area contributed by atoms with E-state index in [1.165, 1.54) is 18.2 Å². The maximum Gasteiger partial charge on any atom is 0.101 e. The van der Waals surface area contributed by atoms with Crippen molar-refractivity contribution in [3.63, 3.8) is 0 Å². The fourth-order valence-corrected chi connectivity index (χ4v) is 1.37. The molecule has 0 heterocycles. The summed E-state index contributed by atoms with van der Waals surface area (Å²) in [6, 6.07) is 6.02. The quantitative estimate of drug-likeness (QED) is 0.584. The summed E-state index contributed by atoms with van der Waals surface area (Å²) in [6.07, 6.45) is 1.13. The van der Waals surface area contributed by atoms with Gasteiger partial charge in [-0.2, -0.15) is 5.26 Å². The maximum atomic E-state index is 10.4. The van der Waals surface area contributed by atoms with Crippen LogP contribution in [0.15, 0.2) is 23.8 Å². The van der Waals surface area contributed by atoms with Crippen molar-refractivity contribution in [1.82, 2.24) is 0 Å². The summed E-state index contributed by atoms with van der Waals surface area (Å²) in [5, 5.41) is 19.6. The van der Waals surface area contributed by atoms with Crippen molar-refractivity contribution in [3.8, 4) is 6.07 Å². The lowest BCUT2D eigenvalue weighted by Gasteiger charge is -2.01. The molecule has 0 aliphatic carbocycles.